The lowest BCUT2D eigenvalue weighted by molar-refractivity contribution is -0.125. The highest BCUT2D eigenvalue weighted by Crippen LogP contribution is 2.24. The first-order valence-corrected chi connectivity index (χ1v) is 12.0. The molecule has 3 amide bonds. The molecular weight excluding hydrogens is 476 g/mol. The third-order valence-electron chi connectivity index (χ3n) is 6.14. The second-order valence-electron chi connectivity index (χ2n) is 8.51. The van der Waals surface area contributed by atoms with Crippen molar-refractivity contribution in [3.63, 3.8) is 0 Å². The Bertz CT molecular complexity index is 827. The molecule has 3 fully saturated rings. The number of amides is 3. The number of halogens is 1. The lowest BCUT2D eigenvalue weighted by atomic mass is 10.1. The van der Waals surface area contributed by atoms with Gasteiger partial charge in [-0.05, 0) is 44.1 Å². The molecule has 174 valence electrons. The van der Waals surface area contributed by atoms with Crippen LogP contribution < -0.4 is 5.32 Å². The number of hydrazone groups is 1. The number of benzene rings is 1. The number of imide groups is 1. The molecule has 0 spiro atoms. The number of carbonyl (C=O) groups is 2. The van der Waals surface area contributed by atoms with Crippen LogP contribution in [0.4, 0.5) is 4.79 Å². The number of nitrogens with zero attached hydrogens (tertiary/aromatic N) is 5. The largest absolute Gasteiger partial charge is 0.349 e. The van der Waals surface area contributed by atoms with Crippen molar-refractivity contribution < 1.29 is 14.3 Å². The Morgan fingerprint density at radius 1 is 1.12 bits per heavy atom. The zero-order valence-corrected chi connectivity index (χ0v) is 20.0. The first kappa shape index (κ1) is 23.3. The number of nitrogens with one attached hydrogen (secondary N) is 1. The molecule has 0 radical (unpaired) electrons. The van der Waals surface area contributed by atoms with Crippen molar-refractivity contribution in [1.29, 1.82) is 0 Å². The van der Waals surface area contributed by atoms with Gasteiger partial charge in [-0.15, -0.1) is 0 Å². The minimum absolute atomic E-state index is 0.0172. The van der Waals surface area contributed by atoms with Crippen LogP contribution in [0.5, 0.6) is 0 Å². The fourth-order valence-corrected chi connectivity index (χ4v) is 4.38. The molecule has 0 aliphatic carbocycles. The molecule has 2 unspecified atom stereocenters. The first-order valence-electron chi connectivity index (χ1n) is 11.2. The van der Waals surface area contributed by atoms with Gasteiger partial charge in [0, 0.05) is 43.7 Å². The molecule has 1 aromatic carbocycles. The van der Waals surface area contributed by atoms with Crippen LogP contribution in [0.15, 0.2) is 33.8 Å². The van der Waals surface area contributed by atoms with Gasteiger partial charge in [-0.2, -0.15) is 5.10 Å². The van der Waals surface area contributed by atoms with Crippen molar-refractivity contribution >= 4 is 34.1 Å². The van der Waals surface area contributed by atoms with E-state index in [-0.39, 0.29) is 24.6 Å². The van der Waals surface area contributed by atoms with Gasteiger partial charge in [-0.25, -0.2) is 9.80 Å². The average Bonchev–Trinajstić information content (AvgIpc) is 3.36. The van der Waals surface area contributed by atoms with Crippen LogP contribution in [0, 0.1) is 0 Å². The standard InChI is InChI=1S/C22H31BrN6O3/c1-26-10-12-27(13-11-26)8-2-3-9-28-21(30)16-29(22(28)31)25-15-20-24-14-19(32-20)17-4-6-18(23)7-5-17/h4-7,15,19-20,24H,2-3,8-14,16H2,1H3. The van der Waals surface area contributed by atoms with E-state index in [4.69, 9.17) is 4.74 Å². The molecule has 4 rings (SSSR count). The lowest BCUT2D eigenvalue weighted by Crippen LogP contribution is -2.44. The van der Waals surface area contributed by atoms with E-state index in [1.165, 1.54) is 9.91 Å². The second kappa shape index (κ2) is 10.8. The third kappa shape index (κ3) is 5.93. The molecule has 1 aromatic rings. The lowest BCUT2D eigenvalue weighted by Gasteiger charge is -2.32. The number of hydrogen-bond donors (Lipinski definition) is 1. The van der Waals surface area contributed by atoms with Crippen LogP contribution in [0.1, 0.15) is 24.5 Å². The number of piperazine rings is 1. The van der Waals surface area contributed by atoms with E-state index in [1.54, 1.807) is 6.21 Å². The fraction of sp³-hybridized carbons (Fsp3) is 0.591. The number of rotatable bonds is 8. The highest BCUT2D eigenvalue weighted by Gasteiger charge is 2.36. The normalized spacial score (nSPS) is 25.6. The van der Waals surface area contributed by atoms with Crippen LogP contribution in [0.3, 0.4) is 0 Å². The molecule has 3 aliphatic rings. The number of ether oxygens (including phenoxy) is 1. The fourth-order valence-electron chi connectivity index (χ4n) is 4.11. The Kier molecular flexibility index (Phi) is 7.90. The molecule has 3 aliphatic heterocycles. The quantitative estimate of drug-likeness (QED) is 0.328. The molecule has 10 heteroatoms. The minimum Gasteiger partial charge on any atom is -0.349 e. The Balaban J connectivity index is 1.20. The van der Waals surface area contributed by atoms with Crippen LogP contribution in [0.2, 0.25) is 0 Å². The van der Waals surface area contributed by atoms with E-state index in [1.807, 2.05) is 24.3 Å². The molecule has 3 heterocycles. The van der Waals surface area contributed by atoms with Gasteiger partial charge in [0.15, 0.2) is 0 Å². The minimum atomic E-state index is -0.399. The van der Waals surface area contributed by atoms with Crippen LogP contribution in [0.25, 0.3) is 0 Å². The van der Waals surface area contributed by atoms with Gasteiger partial charge in [-0.1, -0.05) is 28.1 Å². The summed E-state index contributed by atoms with van der Waals surface area (Å²) in [6, 6.07) is 7.64. The SMILES string of the molecule is CN1CCN(CCCCN2C(=O)CN(N=CC3NCC(c4ccc(Br)cc4)O3)C2=O)CC1. The Morgan fingerprint density at radius 2 is 1.84 bits per heavy atom. The zero-order valence-electron chi connectivity index (χ0n) is 18.5. The maximum atomic E-state index is 12.6. The summed E-state index contributed by atoms with van der Waals surface area (Å²) in [6.07, 6.45) is 2.86. The summed E-state index contributed by atoms with van der Waals surface area (Å²) in [7, 11) is 2.14. The zero-order chi connectivity index (χ0) is 22.5. The smallest absolute Gasteiger partial charge is 0.347 e. The topological polar surface area (TPSA) is 80.7 Å². The number of likely N-dealkylation sites (N-methyl/N-ethyl adjacent to an activating group) is 1. The van der Waals surface area contributed by atoms with Crippen LogP contribution in [-0.4, -0.2) is 103 Å². The van der Waals surface area contributed by atoms with Gasteiger partial charge in [0.25, 0.3) is 5.91 Å². The van der Waals surface area contributed by atoms with Crippen molar-refractivity contribution in [3.8, 4) is 0 Å². The molecular formula is C22H31BrN6O3. The van der Waals surface area contributed by atoms with Gasteiger partial charge in [0.1, 0.15) is 12.8 Å². The van der Waals surface area contributed by atoms with E-state index in [2.05, 4.69) is 43.2 Å². The molecule has 3 saturated heterocycles. The maximum Gasteiger partial charge on any atom is 0.347 e. The van der Waals surface area contributed by atoms with Gasteiger partial charge in [0.2, 0.25) is 0 Å². The monoisotopic (exact) mass is 506 g/mol. The van der Waals surface area contributed by atoms with Crippen LogP contribution in [-0.2, 0) is 9.53 Å². The van der Waals surface area contributed by atoms with E-state index < -0.39 is 6.23 Å². The molecule has 0 aromatic heterocycles. The molecule has 2 atom stereocenters. The second-order valence-corrected chi connectivity index (χ2v) is 9.42. The molecule has 0 bridgehead atoms. The maximum absolute atomic E-state index is 12.6. The molecule has 9 nitrogen and oxygen atoms in total. The van der Waals surface area contributed by atoms with E-state index in [9.17, 15) is 9.59 Å². The first-order chi connectivity index (χ1) is 15.5. The van der Waals surface area contributed by atoms with Gasteiger partial charge in [0.05, 0.1) is 12.3 Å². The predicted molar refractivity (Wildman–Crippen MR) is 125 cm³/mol. The summed E-state index contributed by atoms with van der Waals surface area (Å²) >= 11 is 3.43. The third-order valence-corrected chi connectivity index (χ3v) is 6.67. The van der Waals surface area contributed by atoms with Gasteiger partial charge < -0.3 is 14.5 Å². The van der Waals surface area contributed by atoms with Gasteiger partial charge >= 0.3 is 6.03 Å². The molecule has 32 heavy (non-hydrogen) atoms. The number of urea groups is 1. The molecule has 1 N–H and O–H groups in total. The van der Waals surface area contributed by atoms with Crippen molar-refractivity contribution in [1.82, 2.24) is 25.0 Å². The Morgan fingerprint density at radius 3 is 2.59 bits per heavy atom. The number of carbonyl (C=O) groups excluding carboxylic acids is 2. The number of unbranched alkanes of at least 4 members (excludes halogenated alkanes) is 1. The predicted octanol–water partition coefficient (Wildman–Crippen LogP) is 1.71. The summed E-state index contributed by atoms with van der Waals surface area (Å²) in [6.45, 7) is 6.46. The summed E-state index contributed by atoms with van der Waals surface area (Å²) in [5.41, 5.74) is 1.08. The summed E-state index contributed by atoms with van der Waals surface area (Å²) in [5, 5.41) is 8.68. The summed E-state index contributed by atoms with van der Waals surface area (Å²) < 4.78 is 6.98. The molecule has 0 saturated carbocycles. The van der Waals surface area contributed by atoms with Crippen molar-refractivity contribution in [2.24, 2.45) is 5.10 Å². The van der Waals surface area contributed by atoms with Gasteiger partial charge in [-0.3, -0.25) is 15.0 Å². The van der Waals surface area contributed by atoms with E-state index in [0.717, 1.165) is 55.6 Å². The van der Waals surface area contributed by atoms with Crippen molar-refractivity contribution in [3.05, 3.63) is 34.3 Å². The summed E-state index contributed by atoms with van der Waals surface area (Å²) in [4.78, 5) is 31.0. The van der Waals surface area contributed by atoms with Crippen molar-refractivity contribution in [2.75, 3.05) is 59.4 Å². The highest BCUT2D eigenvalue weighted by atomic mass is 79.9. The van der Waals surface area contributed by atoms with Crippen molar-refractivity contribution in [2.45, 2.75) is 25.2 Å². The van der Waals surface area contributed by atoms with Crippen LogP contribution >= 0.6 is 15.9 Å². The highest BCUT2D eigenvalue weighted by molar-refractivity contribution is 9.10. The number of hydrogen-bond acceptors (Lipinski definition) is 7. The average molecular weight is 507 g/mol. The van der Waals surface area contributed by atoms with E-state index in [0.29, 0.717) is 13.1 Å². The van der Waals surface area contributed by atoms with E-state index >= 15 is 0 Å². The Labute approximate surface area is 197 Å². The Hall–Kier alpha value is -1.85. The summed E-state index contributed by atoms with van der Waals surface area (Å²) in [5.74, 6) is -0.195.